The molecular formula is C9H9NO2. The van der Waals surface area contributed by atoms with Crippen LogP contribution in [0.25, 0.3) is 0 Å². The predicted molar refractivity (Wildman–Crippen MR) is 43.8 cm³/mol. The maximum Gasteiger partial charge on any atom is 0.181 e. The lowest BCUT2D eigenvalue weighted by Crippen LogP contribution is -2.07. The average molecular weight is 163 g/mol. The van der Waals surface area contributed by atoms with E-state index in [2.05, 4.69) is 0 Å². The molecule has 0 aliphatic heterocycles. The Labute approximate surface area is 70.8 Å². The van der Waals surface area contributed by atoms with E-state index in [1.54, 1.807) is 25.1 Å². The number of hydrogen-bond acceptors (Lipinski definition) is 3. The zero-order valence-corrected chi connectivity index (χ0v) is 6.69. The number of benzene rings is 1. The highest BCUT2D eigenvalue weighted by atomic mass is 16.5. The summed E-state index contributed by atoms with van der Waals surface area (Å²) in [5, 5.41) is 17.7. The first-order chi connectivity index (χ1) is 5.74. The summed E-state index contributed by atoms with van der Waals surface area (Å²) in [7, 11) is 0. The van der Waals surface area contributed by atoms with Crippen LogP contribution in [-0.2, 0) is 0 Å². The van der Waals surface area contributed by atoms with Crippen molar-refractivity contribution in [3.8, 4) is 17.6 Å². The third-order valence-electron chi connectivity index (χ3n) is 1.35. The minimum absolute atomic E-state index is 0.0552. The molecule has 1 atom stereocenters. The van der Waals surface area contributed by atoms with Crippen LogP contribution in [0, 0.1) is 11.3 Å². The van der Waals surface area contributed by atoms with Crippen molar-refractivity contribution in [2.45, 2.75) is 13.0 Å². The van der Waals surface area contributed by atoms with Gasteiger partial charge in [0.25, 0.3) is 0 Å². The fourth-order valence-corrected chi connectivity index (χ4v) is 0.774. The Hall–Kier alpha value is -1.69. The highest BCUT2D eigenvalue weighted by Gasteiger charge is 2.04. The van der Waals surface area contributed by atoms with Crippen molar-refractivity contribution in [2.75, 3.05) is 0 Å². The molecule has 1 aromatic rings. The number of aromatic hydroxyl groups is 1. The predicted octanol–water partition coefficient (Wildman–Crippen LogP) is 1.68. The summed E-state index contributed by atoms with van der Waals surface area (Å²) in [6, 6.07) is 8.46. The molecule has 0 aliphatic rings. The molecule has 0 aromatic heterocycles. The maximum absolute atomic E-state index is 9.22. The molecule has 3 nitrogen and oxygen atoms in total. The Morgan fingerprint density at radius 3 is 2.75 bits per heavy atom. The number of phenolic OH excluding ortho intramolecular Hbond substituents is 1. The first-order valence-electron chi connectivity index (χ1n) is 3.58. The van der Waals surface area contributed by atoms with Crippen LogP contribution in [0.15, 0.2) is 24.3 Å². The summed E-state index contributed by atoms with van der Waals surface area (Å²) in [6.45, 7) is 1.62. The van der Waals surface area contributed by atoms with Crippen LogP contribution in [-0.4, -0.2) is 11.2 Å². The standard InChI is InChI=1S/C9H9NO2/c1-7(6-10)12-9-5-3-2-4-8(9)11/h2-5,7,11H,1H3. The van der Waals surface area contributed by atoms with Crippen molar-refractivity contribution >= 4 is 0 Å². The number of nitrogens with zero attached hydrogens (tertiary/aromatic N) is 1. The van der Waals surface area contributed by atoms with Crippen molar-refractivity contribution < 1.29 is 9.84 Å². The molecule has 0 heterocycles. The lowest BCUT2D eigenvalue weighted by molar-refractivity contribution is 0.263. The van der Waals surface area contributed by atoms with E-state index in [0.29, 0.717) is 5.75 Å². The zero-order valence-electron chi connectivity index (χ0n) is 6.69. The van der Waals surface area contributed by atoms with Crippen LogP contribution >= 0.6 is 0 Å². The van der Waals surface area contributed by atoms with Gasteiger partial charge >= 0.3 is 0 Å². The molecule has 1 rings (SSSR count). The minimum Gasteiger partial charge on any atom is -0.504 e. The van der Waals surface area contributed by atoms with E-state index in [1.165, 1.54) is 6.07 Å². The Morgan fingerprint density at radius 1 is 1.50 bits per heavy atom. The normalized spacial score (nSPS) is 11.7. The lowest BCUT2D eigenvalue weighted by atomic mass is 10.3. The second-order valence-corrected chi connectivity index (χ2v) is 2.36. The van der Waals surface area contributed by atoms with Crippen LogP contribution in [0.4, 0.5) is 0 Å². The molecule has 62 valence electrons. The van der Waals surface area contributed by atoms with Crippen molar-refractivity contribution in [1.82, 2.24) is 0 Å². The zero-order chi connectivity index (χ0) is 8.97. The Bertz CT molecular complexity index is 304. The second kappa shape index (κ2) is 3.63. The van der Waals surface area contributed by atoms with Crippen LogP contribution < -0.4 is 4.74 Å². The molecule has 1 N–H and O–H groups in total. The molecule has 0 spiro atoms. The van der Waals surface area contributed by atoms with Gasteiger partial charge in [-0.05, 0) is 19.1 Å². The Morgan fingerprint density at radius 2 is 2.17 bits per heavy atom. The number of phenols is 1. The highest BCUT2D eigenvalue weighted by Crippen LogP contribution is 2.25. The molecule has 0 saturated heterocycles. The van der Waals surface area contributed by atoms with Gasteiger partial charge in [-0.25, -0.2) is 0 Å². The van der Waals surface area contributed by atoms with Gasteiger partial charge in [0.2, 0.25) is 0 Å². The van der Waals surface area contributed by atoms with Crippen molar-refractivity contribution in [3.05, 3.63) is 24.3 Å². The number of ether oxygens (including phenoxy) is 1. The first kappa shape index (κ1) is 8.41. The van der Waals surface area contributed by atoms with Gasteiger partial charge in [0.05, 0.1) is 0 Å². The summed E-state index contributed by atoms with van der Waals surface area (Å²) in [4.78, 5) is 0. The fraction of sp³-hybridized carbons (Fsp3) is 0.222. The van der Waals surface area contributed by atoms with Crippen LogP contribution in [0.2, 0.25) is 0 Å². The van der Waals surface area contributed by atoms with Gasteiger partial charge in [0.1, 0.15) is 6.07 Å². The maximum atomic E-state index is 9.22. The average Bonchev–Trinajstić information content (AvgIpc) is 2.09. The van der Waals surface area contributed by atoms with Crippen molar-refractivity contribution in [2.24, 2.45) is 0 Å². The first-order valence-corrected chi connectivity index (χ1v) is 3.58. The third kappa shape index (κ3) is 1.89. The summed E-state index contributed by atoms with van der Waals surface area (Å²) in [6.07, 6.45) is -0.543. The topological polar surface area (TPSA) is 53.2 Å². The smallest absolute Gasteiger partial charge is 0.181 e. The van der Waals surface area contributed by atoms with Crippen molar-refractivity contribution in [1.29, 1.82) is 5.26 Å². The van der Waals surface area contributed by atoms with Gasteiger partial charge < -0.3 is 9.84 Å². The van der Waals surface area contributed by atoms with E-state index in [0.717, 1.165) is 0 Å². The Balaban J connectivity index is 2.77. The van der Waals surface area contributed by atoms with E-state index < -0.39 is 6.10 Å². The molecule has 0 bridgehead atoms. The molecule has 0 aliphatic carbocycles. The molecule has 0 saturated carbocycles. The van der Waals surface area contributed by atoms with E-state index in [4.69, 9.17) is 10.00 Å². The molecule has 1 unspecified atom stereocenters. The van der Waals surface area contributed by atoms with Crippen molar-refractivity contribution in [3.63, 3.8) is 0 Å². The van der Waals surface area contributed by atoms with Gasteiger partial charge in [-0.15, -0.1) is 0 Å². The molecule has 0 amide bonds. The molecule has 0 fully saturated rings. The van der Waals surface area contributed by atoms with E-state index in [9.17, 15) is 5.11 Å². The van der Waals surface area contributed by atoms with Gasteiger partial charge in [0.15, 0.2) is 17.6 Å². The quantitative estimate of drug-likeness (QED) is 0.721. The SMILES string of the molecule is CC(C#N)Oc1ccccc1O. The number of nitriles is 1. The molecular weight excluding hydrogens is 154 g/mol. The molecule has 0 radical (unpaired) electrons. The van der Waals surface area contributed by atoms with E-state index in [1.807, 2.05) is 6.07 Å². The molecule has 12 heavy (non-hydrogen) atoms. The summed E-state index contributed by atoms with van der Waals surface area (Å²) in [5.41, 5.74) is 0. The summed E-state index contributed by atoms with van der Waals surface area (Å²) in [5.74, 6) is 0.395. The van der Waals surface area contributed by atoms with Crippen LogP contribution in [0.1, 0.15) is 6.92 Å². The summed E-state index contributed by atoms with van der Waals surface area (Å²) >= 11 is 0. The largest absolute Gasteiger partial charge is 0.504 e. The minimum atomic E-state index is -0.543. The van der Waals surface area contributed by atoms with E-state index >= 15 is 0 Å². The van der Waals surface area contributed by atoms with Crippen LogP contribution in [0.3, 0.4) is 0 Å². The summed E-state index contributed by atoms with van der Waals surface area (Å²) < 4.78 is 5.08. The Kier molecular flexibility index (Phi) is 2.54. The third-order valence-corrected chi connectivity index (χ3v) is 1.35. The second-order valence-electron chi connectivity index (χ2n) is 2.36. The van der Waals surface area contributed by atoms with Crippen LogP contribution in [0.5, 0.6) is 11.5 Å². The van der Waals surface area contributed by atoms with Gasteiger partial charge in [-0.3, -0.25) is 0 Å². The number of para-hydroxylation sites is 2. The van der Waals surface area contributed by atoms with Gasteiger partial charge in [-0.1, -0.05) is 12.1 Å². The number of rotatable bonds is 2. The molecule has 3 heteroatoms. The monoisotopic (exact) mass is 163 g/mol. The van der Waals surface area contributed by atoms with Gasteiger partial charge in [-0.2, -0.15) is 5.26 Å². The fourth-order valence-electron chi connectivity index (χ4n) is 0.774. The highest BCUT2D eigenvalue weighted by molar-refractivity contribution is 5.38. The number of hydrogen-bond donors (Lipinski definition) is 1. The van der Waals surface area contributed by atoms with E-state index in [-0.39, 0.29) is 5.75 Å². The molecule has 1 aromatic carbocycles. The van der Waals surface area contributed by atoms with Gasteiger partial charge in [0, 0.05) is 0 Å². The lowest BCUT2D eigenvalue weighted by Gasteiger charge is -2.07.